The molecule has 3 nitrogen and oxygen atoms in total. The van der Waals surface area contributed by atoms with Crippen molar-refractivity contribution in [1.82, 2.24) is 10.2 Å². The molecule has 0 unspecified atom stereocenters. The van der Waals surface area contributed by atoms with Crippen LogP contribution in [0.3, 0.4) is 0 Å². The summed E-state index contributed by atoms with van der Waals surface area (Å²) in [6.45, 7) is 2.39. The Hall–Kier alpha value is -1.13. The van der Waals surface area contributed by atoms with Crippen LogP contribution in [0.2, 0.25) is 0 Å². The van der Waals surface area contributed by atoms with Crippen LogP contribution in [-0.2, 0) is 11.2 Å². The fraction of sp³-hybridized carbons (Fsp3) is 0.588. The van der Waals surface area contributed by atoms with Crippen LogP contribution in [0.5, 0.6) is 0 Å². The summed E-state index contributed by atoms with van der Waals surface area (Å²) in [7, 11) is 0. The molecule has 2 fully saturated rings. The highest BCUT2D eigenvalue weighted by molar-refractivity contribution is 5.85. The van der Waals surface area contributed by atoms with E-state index < -0.39 is 0 Å². The fourth-order valence-corrected chi connectivity index (χ4v) is 3.29. The molecule has 1 saturated carbocycles. The summed E-state index contributed by atoms with van der Waals surface area (Å²) in [5, 5.41) is 3.18. The fourth-order valence-electron chi connectivity index (χ4n) is 3.29. The van der Waals surface area contributed by atoms with E-state index in [1.54, 1.807) is 0 Å². The highest BCUT2D eigenvalue weighted by Gasteiger charge is 2.33. The number of hydrogen-bond donors (Lipinski definition) is 1. The maximum absolute atomic E-state index is 12.9. The van der Waals surface area contributed by atoms with Crippen LogP contribution in [0.15, 0.2) is 24.3 Å². The first-order valence-corrected chi connectivity index (χ1v) is 7.99. The van der Waals surface area contributed by atoms with Crippen LogP contribution >= 0.6 is 12.4 Å². The van der Waals surface area contributed by atoms with Crippen LogP contribution in [0.25, 0.3) is 0 Å². The molecule has 122 valence electrons. The van der Waals surface area contributed by atoms with Crippen molar-refractivity contribution >= 4 is 18.3 Å². The lowest BCUT2D eigenvalue weighted by molar-refractivity contribution is -0.139. The van der Waals surface area contributed by atoms with Crippen LogP contribution in [-0.4, -0.2) is 36.5 Å². The van der Waals surface area contributed by atoms with Gasteiger partial charge in [-0.05, 0) is 37.0 Å². The molecule has 22 heavy (non-hydrogen) atoms. The largest absolute Gasteiger partial charge is 0.339 e. The van der Waals surface area contributed by atoms with E-state index in [-0.39, 0.29) is 24.1 Å². The summed E-state index contributed by atoms with van der Waals surface area (Å²) in [6.07, 6.45) is 5.54. The molecular formula is C17H24ClFN2O. The molecule has 1 amide bonds. The van der Waals surface area contributed by atoms with Gasteiger partial charge in [-0.2, -0.15) is 0 Å². The van der Waals surface area contributed by atoms with Crippen LogP contribution in [0.4, 0.5) is 4.39 Å². The van der Waals surface area contributed by atoms with E-state index in [1.807, 2.05) is 12.1 Å². The first-order chi connectivity index (χ1) is 10.2. The van der Waals surface area contributed by atoms with Gasteiger partial charge in [0.25, 0.3) is 0 Å². The first kappa shape index (κ1) is 17.2. The number of carbonyl (C=O) groups is 1. The summed E-state index contributed by atoms with van der Waals surface area (Å²) in [4.78, 5) is 14.7. The van der Waals surface area contributed by atoms with Gasteiger partial charge in [0.15, 0.2) is 0 Å². The summed E-state index contributed by atoms with van der Waals surface area (Å²) in [6, 6.07) is 7.04. The van der Waals surface area contributed by atoms with Gasteiger partial charge in [-0.25, -0.2) is 4.39 Å². The highest BCUT2D eigenvalue weighted by atomic mass is 35.5. The minimum atomic E-state index is -0.206. The number of benzene rings is 1. The quantitative estimate of drug-likeness (QED) is 0.902. The number of amides is 1. The maximum Gasteiger partial charge on any atom is 0.228 e. The summed E-state index contributed by atoms with van der Waals surface area (Å²) >= 11 is 0. The van der Waals surface area contributed by atoms with Crippen molar-refractivity contribution in [3.8, 4) is 0 Å². The molecule has 0 atom stereocenters. The number of rotatable bonds is 5. The smallest absolute Gasteiger partial charge is 0.228 e. The lowest BCUT2D eigenvalue weighted by Crippen LogP contribution is -2.54. The zero-order valence-corrected chi connectivity index (χ0v) is 13.6. The molecule has 1 heterocycles. The minimum Gasteiger partial charge on any atom is -0.339 e. The Morgan fingerprint density at radius 2 is 1.82 bits per heavy atom. The Labute approximate surface area is 137 Å². The third-order valence-electron chi connectivity index (χ3n) is 4.73. The second-order valence-electron chi connectivity index (χ2n) is 6.20. The Bertz CT molecular complexity index is 484. The van der Waals surface area contributed by atoms with Crippen molar-refractivity contribution in [1.29, 1.82) is 0 Å². The van der Waals surface area contributed by atoms with Crippen molar-refractivity contribution in [3.63, 3.8) is 0 Å². The second-order valence-corrected chi connectivity index (χ2v) is 6.20. The molecule has 1 aliphatic carbocycles. The van der Waals surface area contributed by atoms with Gasteiger partial charge in [0.05, 0.1) is 5.92 Å². The molecule has 1 aromatic rings. The van der Waals surface area contributed by atoms with Gasteiger partial charge in [-0.15, -0.1) is 12.4 Å². The molecule has 2 aliphatic rings. The molecule has 1 aromatic carbocycles. The van der Waals surface area contributed by atoms with Crippen LogP contribution < -0.4 is 5.32 Å². The van der Waals surface area contributed by atoms with Crippen molar-refractivity contribution in [2.75, 3.05) is 19.6 Å². The molecule has 1 aliphatic heterocycles. The zero-order chi connectivity index (χ0) is 14.7. The predicted molar refractivity (Wildman–Crippen MR) is 87.7 cm³/mol. The van der Waals surface area contributed by atoms with Crippen LogP contribution in [0, 0.1) is 11.7 Å². The molecule has 3 rings (SSSR count). The lowest BCUT2D eigenvalue weighted by Gasteiger charge is -2.36. The average Bonchev–Trinajstić information content (AvgIpc) is 2.93. The van der Waals surface area contributed by atoms with Crippen molar-refractivity contribution in [2.45, 2.75) is 38.1 Å². The van der Waals surface area contributed by atoms with E-state index in [9.17, 15) is 9.18 Å². The third kappa shape index (κ3) is 3.99. The zero-order valence-electron chi connectivity index (χ0n) is 12.8. The number of nitrogens with zero attached hydrogens (tertiary/aromatic N) is 1. The number of hydrogen-bond acceptors (Lipinski definition) is 2. The van der Waals surface area contributed by atoms with E-state index in [4.69, 9.17) is 0 Å². The number of carbonyl (C=O) groups excluding carboxylic acids is 1. The van der Waals surface area contributed by atoms with Crippen molar-refractivity contribution in [2.24, 2.45) is 5.92 Å². The topological polar surface area (TPSA) is 32.3 Å². The second kappa shape index (κ2) is 7.93. The SMILES string of the molecule is Cl.O=C(C1CNC1)N(CCc1ccc(F)cc1)C1CCCC1. The number of nitrogens with one attached hydrogen (secondary N) is 1. The van der Waals surface area contributed by atoms with Gasteiger partial charge in [-0.1, -0.05) is 25.0 Å². The standard InChI is InChI=1S/C17H23FN2O.ClH/c18-15-7-5-13(6-8-15)9-10-20(16-3-1-2-4-16)17(21)14-11-19-12-14;/h5-8,14,16,19H,1-4,9-12H2;1H. The minimum absolute atomic E-state index is 0. The predicted octanol–water partition coefficient (Wildman–Crippen LogP) is 2.78. The van der Waals surface area contributed by atoms with Gasteiger partial charge in [0.2, 0.25) is 5.91 Å². The lowest BCUT2D eigenvalue weighted by atomic mass is 9.99. The van der Waals surface area contributed by atoms with E-state index in [0.29, 0.717) is 11.9 Å². The normalized spacial score (nSPS) is 18.6. The summed E-state index contributed by atoms with van der Waals surface area (Å²) in [5.41, 5.74) is 1.10. The maximum atomic E-state index is 12.9. The average molecular weight is 327 g/mol. The van der Waals surface area contributed by atoms with E-state index in [2.05, 4.69) is 10.2 Å². The molecular weight excluding hydrogens is 303 g/mol. The third-order valence-corrected chi connectivity index (χ3v) is 4.73. The Morgan fingerprint density at radius 1 is 1.18 bits per heavy atom. The van der Waals surface area contributed by atoms with Crippen molar-refractivity contribution < 1.29 is 9.18 Å². The molecule has 5 heteroatoms. The van der Waals surface area contributed by atoms with Gasteiger partial charge in [0.1, 0.15) is 5.82 Å². The monoisotopic (exact) mass is 326 g/mol. The molecule has 0 aromatic heterocycles. The van der Waals surface area contributed by atoms with Gasteiger partial charge >= 0.3 is 0 Å². The van der Waals surface area contributed by atoms with E-state index in [0.717, 1.165) is 44.5 Å². The Morgan fingerprint density at radius 3 is 2.36 bits per heavy atom. The van der Waals surface area contributed by atoms with Gasteiger partial charge in [0, 0.05) is 25.7 Å². The number of halogens is 2. The highest BCUT2D eigenvalue weighted by Crippen LogP contribution is 2.25. The van der Waals surface area contributed by atoms with Gasteiger partial charge < -0.3 is 10.2 Å². The Kier molecular flexibility index (Phi) is 6.21. The molecule has 0 bridgehead atoms. The van der Waals surface area contributed by atoms with E-state index in [1.165, 1.54) is 25.0 Å². The molecule has 1 N–H and O–H groups in total. The molecule has 0 radical (unpaired) electrons. The van der Waals surface area contributed by atoms with Gasteiger partial charge in [-0.3, -0.25) is 4.79 Å². The summed E-state index contributed by atoms with van der Waals surface area (Å²) in [5.74, 6) is 0.268. The Balaban J connectivity index is 0.00000176. The van der Waals surface area contributed by atoms with Crippen LogP contribution in [0.1, 0.15) is 31.2 Å². The van der Waals surface area contributed by atoms with Crippen molar-refractivity contribution in [3.05, 3.63) is 35.6 Å². The first-order valence-electron chi connectivity index (χ1n) is 7.99. The van der Waals surface area contributed by atoms with E-state index >= 15 is 0 Å². The molecule has 1 saturated heterocycles. The molecule has 0 spiro atoms. The summed E-state index contributed by atoms with van der Waals surface area (Å²) < 4.78 is 12.9.